The smallest absolute Gasteiger partial charge is 0.143 e. The van der Waals surface area contributed by atoms with Gasteiger partial charge in [-0.05, 0) is 25.2 Å². The summed E-state index contributed by atoms with van der Waals surface area (Å²) in [5, 5.41) is 0. The maximum Gasteiger partial charge on any atom is 0.143 e. The molecule has 1 aromatic heterocycles. The first-order chi connectivity index (χ1) is 8.22. The molecule has 2 unspecified atom stereocenters. The summed E-state index contributed by atoms with van der Waals surface area (Å²) < 4.78 is 0. The molecule has 0 amide bonds. The van der Waals surface area contributed by atoms with Gasteiger partial charge in [0, 0.05) is 17.7 Å². The second-order valence-electron chi connectivity index (χ2n) is 5.07. The number of hydrogen-bond acceptors (Lipinski definition) is 4. The van der Waals surface area contributed by atoms with Gasteiger partial charge in [0.25, 0.3) is 0 Å². The van der Waals surface area contributed by atoms with Crippen molar-refractivity contribution in [1.82, 2.24) is 9.97 Å². The topological polar surface area (TPSA) is 63.8 Å². The van der Waals surface area contributed by atoms with Crippen LogP contribution in [0, 0.1) is 5.92 Å². The lowest BCUT2D eigenvalue weighted by molar-refractivity contribution is 0.335. The highest BCUT2D eigenvalue weighted by molar-refractivity contribution is 5.35. The van der Waals surface area contributed by atoms with E-state index in [4.69, 9.17) is 5.84 Å². The van der Waals surface area contributed by atoms with Crippen molar-refractivity contribution in [3.8, 4) is 0 Å². The molecule has 0 aliphatic heterocycles. The molecule has 0 aromatic carbocycles. The molecular formula is C13H22N4. The van der Waals surface area contributed by atoms with Crippen LogP contribution in [0.5, 0.6) is 0 Å². The quantitative estimate of drug-likeness (QED) is 0.623. The van der Waals surface area contributed by atoms with Crippen LogP contribution in [0.1, 0.15) is 57.0 Å². The predicted octanol–water partition coefficient (Wildman–Crippen LogP) is 2.62. The average molecular weight is 234 g/mol. The van der Waals surface area contributed by atoms with E-state index in [0.717, 1.165) is 29.7 Å². The average Bonchev–Trinajstić information content (AvgIpc) is 2.38. The molecule has 1 aliphatic carbocycles. The molecule has 1 fully saturated rings. The Morgan fingerprint density at radius 3 is 2.88 bits per heavy atom. The summed E-state index contributed by atoms with van der Waals surface area (Å²) in [7, 11) is 0. The number of aromatic nitrogens is 2. The maximum absolute atomic E-state index is 5.46. The highest BCUT2D eigenvalue weighted by Crippen LogP contribution is 2.34. The second kappa shape index (κ2) is 5.45. The zero-order valence-electron chi connectivity index (χ0n) is 10.7. The highest BCUT2D eigenvalue weighted by Gasteiger charge is 2.23. The Balaban J connectivity index is 2.23. The number of nitrogens with two attached hydrogens (primary N) is 1. The van der Waals surface area contributed by atoms with E-state index in [1.807, 2.05) is 6.07 Å². The summed E-state index contributed by atoms with van der Waals surface area (Å²) in [5.74, 6) is 8.48. The molecule has 0 bridgehead atoms. The monoisotopic (exact) mass is 234 g/mol. The van der Waals surface area contributed by atoms with Crippen LogP contribution >= 0.6 is 0 Å². The molecule has 4 heteroatoms. The van der Waals surface area contributed by atoms with Crippen molar-refractivity contribution >= 4 is 5.82 Å². The van der Waals surface area contributed by atoms with Gasteiger partial charge in [-0.2, -0.15) is 0 Å². The standard InChI is InChI=1S/C13H22N4/c1-3-11-8-12(17-14)16-13(15-11)10-6-4-5-9(2)7-10/h8-10H,3-7,14H2,1-2H3,(H,15,16,17). The Morgan fingerprint density at radius 2 is 2.24 bits per heavy atom. The molecule has 0 saturated heterocycles. The van der Waals surface area contributed by atoms with E-state index in [1.165, 1.54) is 25.7 Å². The van der Waals surface area contributed by atoms with Gasteiger partial charge in [-0.3, -0.25) is 0 Å². The number of rotatable bonds is 3. The first-order valence-corrected chi connectivity index (χ1v) is 6.57. The van der Waals surface area contributed by atoms with E-state index in [-0.39, 0.29) is 0 Å². The van der Waals surface area contributed by atoms with E-state index in [9.17, 15) is 0 Å². The van der Waals surface area contributed by atoms with Gasteiger partial charge in [0.05, 0.1) is 0 Å². The van der Waals surface area contributed by atoms with Crippen LogP contribution < -0.4 is 11.3 Å². The lowest BCUT2D eigenvalue weighted by Gasteiger charge is -2.26. The van der Waals surface area contributed by atoms with Crippen LogP contribution in [-0.4, -0.2) is 9.97 Å². The van der Waals surface area contributed by atoms with Crippen molar-refractivity contribution < 1.29 is 0 Å². The van der Waals surface area contributed by atoms with E-state index < -0.39 is 0 Å². The van der Waals surface area contributed by atoms with Crippen molar-refractivity contribution in [3.05, 3.63) is 17.6 Å². The lowest BCUT2D eigenvalue weighted by atomic mass is 9.82. The Kier molecular flexibility index (Phi) is 3.94. The summed E-state index contributed by atoms with van der Waals surface area (Å²) in [6, 6.07) is 1.93. The lowest BCUT2D eigenvalue weighted by Crippen LogP contribution is -2.17. The van der Waals surface area contributed by atoms with Crippen LogP contribution in [0.25, 0.3) is 0 Å². The minimum Gasteiger partial charge on any atom is -0.308 e. The zero-order valence-corrected chi connectivity index (χ0v) is 10.7. The van der Waals surface area contributed by atoms with Crippen LogP contribution in [0.2, 0.25) is 0 Å². The summed E-state index contributed by atoms with van der Waals surface area (Å²) in [4.78, 5) is 9.16. The van der Waals surface area contributed by atoms with Crippen molar-refractivity contribution in [3.63, 3.8) is 0 Å². The largest absolute Gasteiger partial charge is 0.308 e. The number of hydrogen-bond donors (Lipinski definition) is 2. The molecule has 1 heterocycles. The Hall–Kier alpha value is -1.16. The molecular weight excluding hydrogens is 212 g/mol. The molecule has 17 heavy (non-hydrogen) atoms. The summed E-state index contributed by atoms with van der Waals surface area (Å²) in [6.07, 6.45) is 5.97. The summed E-state index contributed by atoms with van der Waals surface area (Å²) in [5.41, 5.74) is 3.71. The third-order valence-electron chi connectivity index (χ3n) is 3.61. The first kappa shape index (κ1) is 12.3. The van der Waals surface area contributed by atoms with Crippen molar-refractivity contribution in [1.29, 1.82) is 0 Å². The summed E-state index contributed by atoms with van der Waals surface area (Å²) in [6.45, 7) is 4.42. The van der Waals surface area contributed by atoms with Gasteiger partial charge in [-0.1, -0.05) is 26.7 Å². The summed E-state index contributed by atoms with van der Waals surface area (Å²) >= 11 is 0. The molecule has 0 radical (unpaired) electrons. The van der Waals surface area contributed by atoms with Crippen LogP contribution in [0.3, 0.4) is 0 Å². The van der Waals surface area contributed by atoms with Gasteiger partial charge in [-0.25, -0.2) is 15.8 Å². The first-order valence-electron chi connectivity index (χ1n) is 6.57. The molecule has 4 nitrogen and oxygen atoms in total. The Morgan fingerprint density at radius 1 is 1.41 bits per heavy atom. The minimum absolute atomic E-state index is 0.511. The number of hydrazine groups is 1. The molecule has 1 aliphatic rings. The number of nitrogen functional groups attached to an aromatic ring is 1. The van der Waals surface area contributed by atoms with Gasteiger partial charge < -0.3 is 5.43 Å². The molecule has 0 spiro atoms. The third kappa shape index (κ3) is 2.94. The molecule has 94 valence electrons. The Labute approximate surface area is 103 Å². The number of aryl methyl sites for hydroxylation is 1. The van der Waals surface area contributed by atoms with Gasteiger partial charge >= 0.3 is 0 Å². The predicted molar refractivity (Wildman–Crippen MR) is 69.6 cm³/mol. The Bertz CT molecular complexity index is 355. The van der Waals surface area contributed by atoms with Crippen molar-refractivity contribution in [2.24, 2.45) is 11.8 Å². The highest BCUT2D eigenvalue weighted by atomic mass is 15.3. The van der Waals surface area contributed by atoms with Crippen LogP contribution in [0.15, 0.2) is 6.07 Å². The van der Waals surface area contributed by atoms with Gasteiger partial charge in [-0.15, -0.1) is 0 Å². The number of anilines is 1. The van der Waals surface area contributed by atoms with E-state index in [1.54, 1.807) is 0 Å². The van der Waals surface area contributed by atoms with E-state index >= 15 is 0 Å². The minimum atomic E-state index is 0.511. The molecule has 1 aromatic rings. The SMILES string of the molecule is CCc1cc(NN)nc(C2CCCC(C)C2)n1. The van der Waals surface area contributed by atoms with Crippen molar-refractivity contribution in [2.45, 2.75) is 51.9 Å². The van der Waals surface area contributed by atoms with Gasteiger partial charge in [0.15, 0.2) is 0 Å². The third-order valence-corrected chi connectivity index (χ3v) is 3.61. The van der Waals surface area contributed by atoms with Crippen LogP contribution in [-0.2, 0) is 6.42 Å². The van der Waals surface area contributed by atoms with Gasteiger partial charge in [0.2, 0.25) is 0 Å². The molecule has 1 saturated carbocycles. The number of nitrogens with zero attached hydrogens (tertiary/aromatic N) is 2. The second-order valence-corrected chi connectivity index (χ2v) is 5.07. The van der Waals surface area contributed by atoms with E-state index in [2.05, 4.69) is 29.2 Å². The number of nitrogens with one attached hydrogen (secondary N) is 1. The molecule has 2 rings (SSSR count). The van der Waals surface area contributed by atoms with Crippen LogP contribution in [0.4, 0.5) is 5.82 Å². The molecule has 3 N–H and O–H groups in total. The zero-order chi connectivity index (χ0) is 12.3. The fraction of sp³-hybridized carbons (Fsp3) is 0.692. The fourth-order valence-corrected chi connectivity index (χ4v) is 2.62. The normalized spacial score (nSPS) is 24.6. The van der Waals surface area contributed by atoms with Gasteiger partial charge in [0.1, 0.15) is 11.6 Å². The molecule has 2 atom stereocenters. The van der Waals surface area contributed by atoms with E-state index in [0.29, 0.717) is 5.92 Å². The maximum atomic E-state index is 5.46. The van der Waals surface area contributed by atoms with Crippen molar-refractivity contribution in [2.75, 3.05) is 5.43 Å². The fourth-order valence-electron chi connectivity index (χ4n) is 2.62.